The Balaban J connectivity index is 1.67. The topological polar surface area (TPSA) is 70.7 Å². The van der Waals surface area contributed by atoms with Crippen molar-refractivity contribution in [1.82, 2.24) is 14.8 Å². The minimum atomic E-state index is -4.59. The predicted octanol–water partition coefficient (Wildman–Crippen LogP) is 4.29. The molecule has 1 aliphatic rings. The number of aromatic hydroxyl groups is 1. The van der Waals surface area contributed by atoms with Gasteiger partial charge in [0.15, 0.2) is 5.69 Å². The van der Waals surface area contributed by atoms with Crippen LogP contribution in [0.1, 0.15) is 35.0 Å². The van der Waals surface area contributed by atoms with Crippen molar-refractivity contribution in [3.8, 4) is 5.75 Å². The van der Waals surface area contributed by atoms with E-state index in [0.29, 0.717) is 17.7 Å². The molecule has 0 fully saturated rings. The lowest BCUT2D eigenvalue weighted by molar-refractivity contribution is -0.142. The average molecular weight is 428 g/mol. The average Bonchev–Trinajstić information content (AvgIpc) is 3.33. The molecule has 2 aromatic carbocycles. The minimum absolute atomic E-state index is 0.0180. The fourth-order valence-corrected chi connectivity index (χ4v) is 3.57. The predicted molar refractivity (Wildman–Crippen MR) is 107 cm³/mol. The Kier molecular flexibility index (Phi) is 5.26. The summed E-state index contributed by atoms with van der Waals surface area (Å²) in [5, 5.41) is 19.5. The Hall–Kier alpha value is -3.62. The number of hydrazone groups is 1. The van der Waals surface area contributed by atoms with E-state index < -0.39 is 30.4 Å². The van der Waals surface area contributed by atoms with E-state index in [-0.39, 0.29) is 11.4 Å². The number of benzene rings is 2. The second-order valence-electron chi connectivity index (χ2n) is 7.26. The first-order chi connectivity index (χ1) is 14.7. The summed E-state index contributed by atoms with van der Waals surface area (Å²) in [5.74, 6) is -0.511. The molecule has 1 aromatic heterocycles. The van der Waals surface area contributed by atoms with Gasteiger partial charge in [0.1, 0.15) is 12.3 Å². The van der Waals surface area contributed by atoms with Gasteiger partial charge < -0.3 is 5.11 Å². The van der Waals surface area contributed by atoms with Crippen molar-refractivity contribution in [2.75, 3.05) is 0 Å². The number of carbonyl (C=O) groups is 1. The molecule has 2 heterocycles. The molecule has 0 aliphatic carbocycles. The van der Waals surface area contributed by atoms with E-state index >= 15 is 0 Å². The molecule has 3 aromatic rings. The van der Waals surface area contributed by atoms with Gasteiger partial charge in [0.25, 0.3) is 5.91 Å². The SMILES string of the molecule is Cc1cc(C(F)(F)F)nn1CC(=O)N1N=C(c2ccccc2)CC1c1ccccc1O. The van der Waals surface area contributed by atoms with Crippen LogP contribution in [0.5, 0.6) is 5.75 Å². The highest BCUT2D eigenvalue weighted by atomic mass is 19.4. The fraction of sp³-hybridized carbons (Fsp3) is 0.227. The van der Waals surface area contributed by atoms with Crippen LogP contribution >= 0.6 is 0 Å². The van der Waals surface area contributed by atoms with Gasteiger partial charge in [0.2, 0.25) is 0 Å². The van der Waals surface area contributed by atoms with E-state index in [0.717, 1.165) is 16.3 Å². The Morgan fingerprint density at radius 2 is 1.81 bits per heavy atom. The van der Waals surface area contributed by atoms with E-state index in [4.69, 9.17) is 0 Å². The molecule has 1 atom stereocenters. The third kappa shape index (κ3) is 4.16. The molecule has 0 spiro atoms. The summed E-state index contributed by atoms with van der Waals surface area (Å²) in [4.78, 5) is 13.1. The fourth-order valence-electron chi connectivity index (χ4n) is 3.57. The van der Waals surface area contributed by atoms with Gasteiger partial charge in [-0.3, -0.25) is 9.48 Å². The van der Waals surface area contributed by atoms with Crippen LogP contribution in [-0.4, -0.2) is 31.5 Å². The molecule has 9 heteroatoms. The molecule has 0 radical (unpaired) electrons. The third-order valence-electron chi connectivity index (χ3n) is 5.13. The zero-order valence-electron chi connectivity index (χ0n) is 16.5. The second kappa shape index (κ2) is 7.90. The lowest BCUT2D eigenvalue weighted by Crippen LogP contribution is -2.31. The van der Waals surface area contributed by atoms with Gasteiger partial charge in [0, 0.05) is 17.7 Å². The lowest BCUT2D eigenvalue weighted by Gasteiger charge is -2.23. The smallest absolute Gasteiger partial charge is 0.435 e. The standard InChI is InChI=1S/C22H19F3N4O2/c1-14-11-20(22(23,24)25)27-28(14)13-21(31)29-18(16-9-5-6-10-19(16)30)12-17(26-29)15-7-3-2-4-8-15/h2-11,18,30H,12-13H2,1H3. The van der Waals surface area contributed by atoms with Crippen molar-refractivity contribution >= 4 is 11.6 Å². The van der Waals surface area contributed by atoms with Crippen molar-refractivity contribution in [2.45, 2.75) is 32.1 Å². The largest absolute Gasteiger partial charge is 0.508 e. The van der Waals surface area contributed by atoms with Crippen LogP contribution < -0.4 is 0 Å². The van der Waals surface area contributed by atoms with Crippen LogP contribution in [0.15, 0.2) is 65.8 Å². The molecule has 0 saturated carbocycles. The summed E-state index contributed by atoms with van der Waals surface area (Å²) in [6, 6.07) is 16.2. The molecule has 0 saturated heterocycles. The van der Waals surface area contributed by atoms with E-state index in [2.05, 4.69) is 10.2 Å². The number of hydrogen-bond acceptors (Lipinski definition) is 4. The monoisotopic (exact) mass is 428 g/mol. The van der Waals surface area contributed by atoms with E-state index in [9.17, 15) is 23.1 Å². The number of alkyl halides is 3. The molecule has 4 rings (SSSR count). The van der Waals surface area contributed by atoms with Crippen molar-refractivity contribution in [2.24, 2.45) is 5.10 Å². The molecular weight excluding hydrogens is 409 g/mol. The summed E-state index contributed by atoms with van der Waals surface area (Å²) in [6.45, 7) is 1.05. The summed E-state index contributed by atoms with van der Waals surface area (Å²) in [7, 11) is 0. The van der Waals surface area contributed by atoms with Gasteiger partial charge in [-0.15, -0.1) is 0 Å². The van der Waals surface area contributed by atoms with Crippen molar-refractivity contribution in [1.29, 1.82) is 0 Å². The van der Waals surface area contributed by atoms with Crippen molar-refractivity contribution in [3.05, 3.63) is 83.2 Å². The highest BCUT2D eigenvalue weighted by Crippen LogP contribution is 2.37. The zero-order valence-corrected chi connectivity index (χ0v) is 16.5. The molecule has 31 heavy (non-hydrogen) atoms. The summed E-state index contributed by atoms with van der Waals surface area (Å²) in [5.41, 5.74) is 1.15. The molecule has 1 N–H and O–H groups in total. The number of aromatic nitrogens is 2. The molecule has 160 valence electrons. The Morgan fingerprint density at radius 3 is 2.45 bits per heavy atom. The van der Waals surface area contributed by atoms with Crippen LogP contribution in [-0.2, 0) is 17.5 Å². The lowest BCUT2D eigenvalue weighted by atomic mass is 9.98. The van der Waals surface area contributed by atoms with Crippen LogP contribution in [0.25, 0.3) is 0 Å². The number of nitrogens with zero attached hydrogens (tertiary/aromatic N) is 4. The molecule has 1 unspecified atom stereocenters. The van der Waals surface area contributed by atoms with E-state index in [1.54, 1.807) is 18.2 Å². The van der Waals surface area contributed by atoms with Crippen LogP contribution in [0, 0.1) is 6.92 Å². The second-order valence-corrected chi connectivity index (χ2v) is 7.26. The quantitative estimate of drug-likeness (QED) is 0.674. The third-order valence-corrected chi connectivity index (χ3v) is 5.13. The number of para-hydroxylation sites is 1. The molecule has 0 bridgehead atoms. The number of phenolic OH excluding ortho intramolecular Hbond substituents is 1. The van der Waals surface area contributed by atoms with Gasteiger partial charge >= 0.3 is 6.18 Å². The van der Waals surface area contributed by atoms with Crippen LogP contribution in [0.4, 0.5) is 13.2 Å². The Labute approximate surface area is 176 Å². The van der Waals surface area contributed by atoms with Crippen LogP contribution in [0.3, 0.4) is 0 Å². The number of phenols is 1. The number of amides is 1. The van der Waals surface area contributed by atoms with Gasteiger partial charge in [-0.2, -0.15) is 23.4 Å². The van der Waals surface area contributed by atoms with E-state index in [1.165, 1.54) is 18.0 Å². The molecule has 1 aliphatic heterocycles. The summed E-state index contributed by atoms with van der Waals surface area (Å²) < 4.78 is 39.9. The first-order valence-electron chi connectivity index (χ1n) is 9.58. The molecule has 6 nitrogen and oxygen atoms in total. The first kappa shape index (κ1) is 20.6. The number of aryl methyl sites for hydroxylation is 1. The van der Waals surface area contributed by atoms with Gasteiger partial charge in [0.05, 0.1) is 11.8 Å². The van der Waals surface area contributed by atoms with Gasteiger partial charge in [-0.1, -0.05) is 48.5 Å². The van der Waals surface area contributed by atoms with Gasteiger partial charge in [-0.05, 0) is 24.6 Å². The maximum absolute atomic E-state index is 13.1. The first-order valence-corrected chi connectivity index (χ1v) is 9.58. The molecule has 1 amide bonds. The maximum atomic E-state index is 13.1. The number of hydrogen-bond donors (Lipinski definition) is 1. The Bertz CT molecular complexity index is 1140. The number of carbonyl (C=O) groups excluding carboxylic acids is 1. The van der Waals surface area contributed by atoms with Crippen molar-refractivity contribution in [3.63, 3.8) is 0 Å². The highest BCUT2D eigenvalue weighted by Gasteiger charge is 2.37. The van der Waals surface area contributed by atoms with Gasteiger partial charge in [-0.25, -0.2) is 5.01 Å². The number of halogens is 3. The Morgan fingerprint density at radius 1 is 1.13 bits per heavy atom. The summed E-state index contributed by atoms with van der Waals surface area (Å²) >= 11 is 0. The normalized spacial score (nSPS) is 16.5. The van der Waals surface area contributed by atoms with Crippen molar-refractivity contribution < 1.29 is 23.1 Å². The summed E-state index contributed by atoms with van der Waals surface area (Å²) in [6.07, 6.45) is -4.23. The zero-order chi connectivity index (χ0) is 22.2. The van der Waals surface area contributed by atoms with Crippen LogP contribution in [0.2, 0.25) is 0 Å². The minimum Gasteiger partial charge on any atom is -0.508 e. The molecular formula is C22H19F3N4O2. The highest BCUT2D eigenvalue weighted by molar-refractivity contribution is 6.03. The number of rotatable bonds is 4. The van der Waals surface area contributed by atoms with E-state index in [1.807, 2.05) is 30.3 Å². The maximum Gasteiger partial charge on any atom is 0.435 e.